The van der Waals surface area contributed by atoms with Crippen molar-refractivity contribution >= 4 is 0 Å². The Hall–Kier alpha value is -1.02. The number of rotatable bonds is 3. The predicted octanol–water partition coefficient (Wildman–Crippen LogP) is 3.46. The maximum atomic E-state index is 5.37. The van der Waals surface area contributed by atoms with Crippen LogP contribution in [0.2, 0.25) is 0 Å². The fraction of sp³-hybridized carbons (Fsp3) is 0.625. The molecule has 98 valence electrons. The van der Waals surface area contributed by atoms with E-state index >= 15 is 0 Å². The molecular formula is C16H23NO. The minimum atomic E-state index is 0.548. The summed E-state index contributed by atoms with van der Waals surface area (Å²) in [4.78, 5) is 0. The van der Waals surface area contributed by atoms with E-state index in [9.17, 15) is 0 Å². The first-order valence-corrected chi connectivity index (χ1v) is 7.27. The largest absolute Gasteiger partial charge is 0.497 e. The molecule has 0 bridgehead atoms. The summed E-state index contributed by atoms with van der Waals surface area (Å²) in [5.41, 5.74) is 2.99. The fourth-order valence-electron chi connectivity index (χ4n) is 3.53. The molecule has 1 heterocycles. The van der Waals surface area contributed by atoms with Crippen molar-refractivity contribution in [1.29, 1.82) is 0 Å². The Labute approximate surface area is 110 Å². The lowest BCUT2D eigenvalue weighted by Gasteiger charge is -2.29. The van der Waals surface area contributed by atoms with Crippen LogP contribution in [0.3, 0.4) is 0 Å². The van der Waals surface area contributed by atoms with Crippen LogP contribution in [0.5, 0.6) is 5.75 Å². The molecule has 3 rings (SSSR count). The van der Waals surface area contributed by atoms with Gasteiger partial charge in [-0.2, -0.15) is 0 Å². The highest BCUT2D eigenvalue weighted by atomic mass is 16.5. The average Bonchev–Trinajstić information content (AvgIpc) is 2.91. The van der Waals surface area contributed by atoms with E-state index in [0.717, 1.165) is 24.6 Å². The summed E-state index contributed by atoms with van der Waals surface area (Å²) in [6.45, 7) is 1.12. The zero-order valence-corrected chi connectivity index (χ0v) is 11.2. The van der Waals surface area contributed by atoms with Crippen LogP contribution in [0.1, 0.15) is 49.3 Å². The van der Waals surface area contributed by atoms with Crippen molar-refractivity contribution in [2.24, 2.45) is 5.92 Å². The lowest BCUT2D eigenvalue weighted by Crippen LogP contribution is -2.31. The van der Waals surface area contributed by atoms with Gasteiger partial charge in [-0.1, -0.05) is 31.7 Å². The van der Waals surface area contributed by atoms with Crippen molar-refractivity contribution in [2.45, 2.75) is 44.6 Å². The molecule has 1 aromatic rings. The molecule has 2 nitrogen and oxygen atoms in total. The smallest absolute Gasteiger partial charge is 0.119 e. The minimum absolute atomic E-state index is 0.548. The number of nitrogens with one attached hydrogen (secondary N) is 1. The molecule has 1 fully saturated rings. The third-order valence-corrected chi connectivity index (χ3v) is 4.56. The van der Waals surface area contributed by atoms with Gasteiger partial charge in [0.1, 0.15) is 5.75 Å². The van der Waals surface area contributed by atoms with Gasteiger partial charge in [-0.05, 0) is 48.6 Å². The van der Waals surface area contributed by atoms with Crippen LogP contribution in [0.15, 0.2) is 18.2 Å². The van der Waals surface area contributed by atoms with Gasteiger partial charge in [0.25, 0.3) is 0 Å². The summed E-state index contributed by atoms with van der Waals surface area (Å²) < 4.78 is 5.37. The zero-order valence-electron chi connectivity index (χ0n) is 11.2. The number of ether oxygens (including phenoxy) is 1. The van der Waals surface area contributed by atoms with Gasteiger partial charge in [-0.3, -0.25) is 0 Å². The molecule has 1 N–H and O–H groups in total. The van der Waals surface area contributed by atoms with Gasteiger partial charge in [0.05, 0.1) is 7.11 Å². The molecule has 1 saturated carbocycles. The highest BCUT2D eigenvalue weighted by Gasteiger charge is 2.25. The Balaban J connectivity index is 1.80. The first-order valence-electron chi connectivity index (χ1n) is 7.27. The van der Waals surface area contributed by atoms with Crippen molar-refractivity contribution in [3.05, 3.63) is 29.3 Å². The summed E-state index contributed by atoms with van der Waals surface area (Å²) in [6.07, 6.45) is 8.18. The summed E-state index contributed by atoms with van der Waals surface area (Å²) >= 11 is 0. The predicted molar refractivity (Wildman–Crippen MR) is 74.0 cm³/mol. The van der Waals surface area contributed by atoms with Gasteiger partial charge in [0.2, 0.25) is 0 Å². The second kappa shape index (κ2) is 5.31. The van der Waals surface area contributed by atoms with Gasteiger partial charge in [0.15, 0.2) is 0 Å². The second-order valence-corrected chi connectivity index (χ2v) is 5.71. The normalized spacial score (nSPS) is 23.9. The van der Waals surface area contributed by atoms with Crippen LogP contribution in [0.4, 0.5) is 0 Å². The molecule has 1 aromatic carbocycles. The van der Waals surface area contributed by atoms with Gasteiger partial charge < -0.3 is 10.1 Å². The quantitative estimate of drug-likeness (QED) is 0.880. The summed E-state index contributed by atoms with van der Waals surface area (Å²) in [6, 6.07) is 7.13. The Morgan fingerprint density at radius 2 is 2.11 bits per heavy atom. The van der Waals surface area contributed by atoms with E-state index in [1.165, 1.54) is 43.2 Å². The summed E-state index contributed by atoms with van der Waals surface area (Å²) in [5, 5.41) is 3.70. The molecule has 18 heavy (non-hydrogen) atoms. The third-order valence-electron chi connectivity index (χ3n) is 4.56. The molecule has 0 saturated heterocycles. The van der Waals surface area contributed by atoms with Gasteiger partial charge in [-0.25, -0.2) is 0 Å². The number of benzene rings is 1. The molecule has 1 unspecified atom stereocenters. The number of fused-ring (bicyclic) bond motifs is 1. The molecule has 2 heteroatoms. The summed E-state index contributed by atoms with van der Waals surface area (Å²) in [7, 11) is 1.75. The molecular weight excluding hydrogens is 222 g/mol. The van der Waals surface area contributed by atoms with E-state index in [1.54, 1.807) is 7.11 Å². The Bertz CT molecular complexity index is 410. The van der Waals surface area contributed by atoms with E-state index in [1.807, 2.05) is 0 Å². The Morgan fingerprint density at radius 3 is 2.89 bits per heavy atom. The lowest BCUT2D eigenvalue weighted by atomic mass is 9.87. The SMILES string of the molecule is COc1ccc2c(c1)C(CC1CCCC1)NCC2. The van der Waals surface area contributed by atoms with Crippen molar-refractivity contribution < 1.29 is 4.74 Å². The standard InChI is InChI=1S/C16H23NO/c1-18-14-7-6-13-8-9-17-16(15(13)11-14)10-12-4-2-3-5-12/h6-7,11-12,16-17H,2-5,8-10H2,1H3. The fourth-order valence-corrected chi connectivity index (χ4v) is 3.53. The van der Waals surface area contributed by atoms with Crippen LogP contribution in [-0.2, 0) is 6.42 Å². The van der Waals surface area contributed by atoms with Gasteiger partial charge >= 0.3 is 0 Å². The third kappa shape index (κ3) is 2.39. The molecule has 1 atom stereocenters. The monoisotopic (exact) mass is 245 g/mol. The molecule has 0 aromatic heterocycles. The average molecular weight is 245 g/mol. The number of hydrogen-bond acceptors (Lipinski definition) is 2. The van der Waals surface area contributed by atoms with E-state index in [2.05, 4.69) is 23.5 Å². The van der Waals surface area contributed by atoms with Crippen LogP contribution in [-0.4, -0.2) is 13.7 Å². The van der Waals surface area contributed by atoms with E-state index in [4.69, 9.17) is 4.74 Å². The molecule has 1 aliphatic carbocycles. The second-order valence-electron chi connectivity index (χ2n) is 5.71. The maximum absolute atomic E-state index is 5.37. The topological polar surface area (TPSA) is 21.3 Å². The first kappa shape index (κ1) is 12.0. The highest BCUT2D eigenvalue weighted by Crippen LogP contribution is 2.36. The van der Waals surface area contributed by atoms with Gasteiger partial charge in [-0.15, -0.1) is 0 Å². The molecule has 2 aliphatic rings. The minimum Gasteiger partial charge on any atom is -0.497 e. The maximum Gasteiger partial charge on any atom is 0.119 e. The van der Waals surface area contributed by atoms with Crippen molar-refractivity contribution in [2.75, 3.05) is 13.7 Å². The van der Waals surface area contributed by atoms with E-state index in [-0.39, 0.29) is 0 Å². The van der Waals surface area contributed by atoms with Crippen LogP contribution >= 0.6 is 0 Å². The number of methoxy groups -OCH3 is 1. The lowest BCUT2D eigenvalue weighted by molar-refractivity contribution is 0.378. The molecule has 0 amide bonds. The van der Waals surface area contributed by atoms with Crippen LogP contribution in [0, 0.1) is 5.92 Å². The molecule has 0 radical (unpaired) electrons. The van der Waals surface area contributed by atoms with Crippen LogP contribution < -0.4 is 10.1 Å². The zero-order chi connectivity index (χ0) is 12.4. The molecule has 0 spiro atoms. The van der Waals surface area contributed by atoms with Crippen molar-refractivity contribution in [3.63, 3.8) is 0 Å². The van der Waals surface area contributed by atoms with Crippen molar-refractivity contribution in [3.8, 4) is 5.75 Å². The Morgan fingerprint density at radius 1 is 1.28 bits per heavy atom. The first-order chi connectivity index (χ1) is 8.86. The molecule has 1 aliphatic heterocycles. The van der Waals surface area contributed by atoms with Crippen LogP contribution in [0.25, 0.3) is 0 Å². The highest BCUT2D eigenvalue weighted by molar-refractivity contribution is 5.39. The van der Waals surface area contributed by atoms with E-state index in [0.29, 0.717) is 6.04 Å². The summed E-state index contributed by atoms with van der Waals surface area (Å²) in [5.74, 6) is 1.92. The number of hydrogen-bond donors (Lipinski definition) is 1. The Kier molecular flexibility index (Phi) is 3.55. The van der Waals surface area contributed by atoms with E-state index < -0.39 is 0 Å². The van der Waals surface area contributed by atoms with Gasteiger partial charge in [0, 0.05) is 6.04 Å². The van der Waals surface area contributed by atoms with Crippen molar-refractivity contribution in [1.82, 2.24) is 5.32 Å².